The molecule has 2 aliphatic rings. The molecule has 2 aromatic heterocycles. The van der Waals surface area contributed by atoms with Crippen LogP contribution in [0.1, 0.15) is 24.1 Å². The second kappa shape index (κ2) is 7.57. The molecule has 0 radical (unpaired) electrons. The van der Waals surface area contributed by atoms with Gasteiger partial charge in [0.15, 0.2) is 28.7 Å². The van der Waals surface area contributed by atoms with Gasteiger partial charge >= 0.3 is 6.18 Å². The summed E-state index contributed by atoms with van der Waals surface area (Å²) in [6.07, 6.45) is -3.27. The van der Waals surface area contributed by atoms with Crippen LogP contribution in [0.2, 0.25) is 0 Å². The number of fused-ring (bicyclic) bond motifs is 2. The van der Waals surface area contributed by atoms with E-state index in [1.54, 1.807) is 13.0 Å². The Balaban J connectivity index is 1.32. The lowest BCUT2D eigenvalue weighted by Crippen LogP contribution is -2.39. The zero-order valence-corrected chi connectivity index (χ0v) is 17.1. The van der Waals surface area contributed by atoms with Crippen molar-refractivity contribution in [2.75, 3.05) is 24.8 Å². The number of hydrogen-bond donors (Lipinski definition) is 0. The smallest absolute Gasteiger partial charge is 0.433 e. The molecule has 0 aliphatic carbocycles. The highest BCUT2D eigenvalue weighted by atomic mass is 19.4. The molecule has 1 aromatic carbocycles. The molecule has 32 heavy (non-hydrogen) atoms. The van der Waals surface area contributed by atoms with Gasteiger partial charge in [-0.3, -0.25) is 4.79 Å². The lowest BCUT2D eigenvalue weighted by Gasteiger charge is -2.33. The molecule has 8 nitrogen and oxygen atoms in total. The summed E-state index contributed by atoms with van der Waals surface area (Å²) >= 11 is 0. The minimum absolute atomic E-state index is 0.00823. The fourth-order valence-electron chi connectivity index (χ4n) is 3.91. The van der Waals surface area contributed by atoms with Crippen LogP contribution in [-0.4, -0.2) is 40.6 Å². The molecule has 0 atom stereocenters. The normalized spacial score (nSPS) is 16.6. The van der Waals surface area contributed by atoms with E-state index in [1.165, 1.54) is 6.07 Å². The number of aryl methyl sites for hydroxylation is 1. The van der Waals surface area contributed by atoms with Gasteiger partial charge in [0.05, 0.1) is 0 Å². The highest BCUT2D eigenvalue weighted by molar-refractivity contribution is 5.53. The molecule has 0 unspecified atom stereocenters. The van der Waals surface area contributed by atoms with Gasteiger partial charge in [0.1, 0.15) is 11.9 Å². The Kier molecular flexibility index (Phi) is 4.83. The molecule has 168 valence electrons. The van der Waals surface area contributed by atoms with Gasteiger partial charge in [0, 0.05) is 38.1 Å². The van der Waals surface area contributed by atoms with Crippen molar-refractivity contribution in [1.82, 2.24) is 14.6 Å². The predicted molar refractivity (Wildman–Crippen MR) is 107 cm³/mol. The van der Waals surface area contributed by atoms with E-state index in [1.807, 2.05) is 17.0 Å². The van der Waals surface area contributed by atoms with Crippen molar-refractivity contribution in [1.29, 1.82) is 0 Å². The van der Waals surface area contributed by atoms with Gasteiger partial charge in [0.25, 0.3) is 5.56 Å². The maximum atomic E-state index is 13.0. The van der Waals surface area contributed by atoms with Gasteiger partial charge in [0.2, 0.25) is 6.79 Å². The van der Waals surface area contributed by atoms with Crippen molar-refractivity contribution < 1.29 is 27.4 Å². The molecular weight excluding hydrogens is 429 g/mol. The summed E-state index contributed by atoms with van der Waals surface area (Å²) in [6, 6.07) is 7.37. The first kappa shape index (κ1) is 20.4. The quantitative estimate of drug-likeness (QED) is 0.609. The first-order valence-corrected chi connectivity index (χ1v) is 10.1. The summed E-state index contributed by atoms with van der Waals surface area (Å²) < 4.78 is 56.5. The monoisotopic (exact) mass is 448 g/mol. The average Bonchev–Trinajstić information content (AvgIpc) is 3.21. The second-order valence-electron chi connectivity index (χ2n) is 7.72. The third-order valence-electron chi connectivity index (χ3n) is 5.49. The largest absolute Gasteiger partial charge is 0.490 e. The minimum Gasteiger partial charge on any atom is -0.490 e. The van der Waals surface area contributed by atoms with E-state index in [2.05, 4.69) is 10.1 Å². The van der Waals surface area contributed by atoms with Crippen LogP contribution in [0.3, 0.4) is 0 Å². The molecule has 1 saturated heterocycles. The zero-order valence-electron chi connectivity index (χ0n) is 17.1. The third-order valence-corrected chi connectivity index (χ3v) is 5.49. The van der Waals surface area contributed by atoms with E-state index in [9.17, 15) is 18.0 Å². The Bertz CT molecular complexity index is 1240. The molecule has 0 bridgehead atoms. The number of piperidine rings is 1. The Morgan fingerprint density at radius 3 is 2.59 bits per heavy atom. The van der Waals surface area contributed by atoms with Crippen LogP contribution in [0.5, 0.6) is 17.2 Å². The Morgan fingerprint density at radius 2 is 1.84 bits per heavy atom. The number of aromatic nitrogens is 3. The lowest BCUT2D eigenvalue weighted by atomic mass is 10.1. The van der Waals surface area contributed by atoms with Crippen molar-refractivity contribution in [2.24, 2.45) is 0 Å². The molecule has 5 rings (SSSR count). The van der Waals surface area contributed by atoms with Crippen LogP contribution in [0, 0.1) is 6.92 Å². The van der Waals surface area contributed by atoms with E-state index >= 15 is 0 Å². The van der Waals surface area contributed by atoms with E-state index in [-0.39, 0.29) is 18.5 Å². The second-order valence-corrected chi connectivity index (χ2v) is 7.72. The number of rotatable bonds is 3. The van der Waals surface area contributed by atoms with E-state index in [0.717, 1.165) is 4.52 Å². The topological polar surface area (TPSA) is 78.2 Å². The van der Waals surface area contributed by atoms with Crippen molar-refractivity contribution in [3.8, 4) is 17.2 Å². The number of ether oxygens (including phenoxy) is 3. The summed E-state index contributed by atoms with van der Waals surface area (Å²) in [7, 11) is 0. The molecule has 0 spiro atoms. The van der Waals surface area contributed by atoms with Gasteiger partial charge in [-0.15, -0.1) is 5.10 Å². The molecule has 1 fully saturated rings. The number of benzene rings is 1. The van der Waals surface area contributed by atoms with Crippen LogP contribution in [0.15, 0.2) is 35.1 Å². The molecule has 0 amide bonds. The third kappa shape index (κ3) is 3.78. The number of halogens is 3. The number of alkyl halides is 3. The number of nitrogens with zero attached hydrogens (tertiary/aromatic N) is 4. The van der Waals surface area contributed by atoms with Gasteiger partial charge in [-0.25, -0.2) is 4.98 Å². The number of anilines is 1. The van der Waals surface area contributed by atoms with E-state index < -0.39 is 17.4 Å². The lowest BCUT2D eigenvalue weighted by molar-refractivity contribution is -0.141. The van der Waals surface area contributed by atoms with Crippen LogP contribution in [0.4, 0.5) is 19.0 Å². The first-order chi connectivity index (χ1) is 15.3. The SMILES string of the molecule is Cc1cc2nc(C(F)(F)F)cc(=O)n2nc1N1CCC(Oc2ccc3c(c2)OCO3)CC1. The molecule has 0 N–H and O–H groups in total. The van der Waals surface area contributed by atoms with Gasteiger partial charge < -0.3 is 19.1 Å². The maximum Gasteiger partial charge on any atom is 0.433 e. The fourth-order valence-corrected chi connectivity index (χ4v) is 3.91. The van der Waals surface area contributed by atoms with Crippen LogP contribution >= 0.6 is 0 Å². The van der Waals surface area contributed by atoms with Crippen LogP contribution in [0.25, 0.3) is 5.65 Å². The molecule has 4 heterocycles. The summed E-state index contributed by atoms with van der Waals surface area (Å²) in [4.78, 5) is 17.8. The fraction of sp³-hybridized carbons (Fsp3) is 0.381. The molecule has 0 saturated carbocycles. The van der Waals surface area contributed by atoms with E-state index in [0.29, 0.717) is 60.6 Å². The minimum atomic E-state index is -4.69. The summed E-state index contributed by atoms with van der Waals surface area (Å²) in [6.45, 7) is 3.18. The molecule has 2 aliphatic heterocycles. The Hall–Kier alpha value is -3.50. The summed E-state index contributed by atoms with van der Waals surface area (Å²) in [5.41, 5.74) is -1.58. The maximum absolute atomic E-state index is 13.0. The van der Waals surface area contributed by atoms with Crippen molar-refractivity contribution in [3.05, 3.63) is 51.9 Å². The standard InChI is InChI=1S/C21H19F3N4O4/c1-12-8-18-25-17(21(22,23)24)10-19(29)28(18)26-20(12)27-6-4-13(5-7-27)32-14-2-3-15-16(9-14)31-11-30-15/h2-3,8-10,13H,4-7,11H2,1H3. The Morgan fingerprint density at radius 1 is 1.09 bits per heavy atom. The van der Waals surface area contributed by atoms with Gasteiger partial charge in [-0.05, 0) is 30.7 Å². The number of hydrogen-bond acceptors (Lipinski definition) is 7. The summed E-state index contributed by atoms with van der Waals surface area (Å²) in [5, 5.41) is 4.30. The zero-order chi connectivity index (χ0) is 22.5. The average molecular weight is 448 g/mol. The highest BCUT2D eigenvalue weighted by Gasteiger charge is 2.34. The molecule has 11 heteroatoms. The van der Waals surface area contributed by atoms with E-state index in [4.69, 9.17) is 14.2 Å². The van der Waals surface area contributed by atoms with Crippen molar-refractivity contribution in [2.45, 2.75) is 32.0 Å². The van der Waals surface area contributed by atoms with Crippen LogP contribution < -0.4 is 24.7 Å². The summed E-state index contributed by atoms with van der Waals surface area (Å²) in [5.74, 6) is 2.59. The molecular formula is C21H19F3N4O4. The first-order valence-electron chi connectivity index (χ1n) is 10.1. The van der Waals surface area contributed by atoms with Crippen molar-refractivity contribution >= 4 is 11.5 Å². The molecule has 3 aromatic rings. The van der Waals surface area contributed by atoms with Crippen molar-refractivity contribution in [3.63, 3.8) is 0 Å². The van der Waals surface area contributed by atoms with Gasteiger partial charge in [-0.1, -0.05) is 0 Å². The van der Waals surface area contributed by atoms with Gasteiger partial charge in [-0.2, -0.15) is 17.7 Å². The predicted octanol–water partition coefficient (Wildman–Crippen LogP) is 3.19. The highest BCUT2D eigenvalue weighted by Crippen LogP contribution is 2.36. The Labute approximate surface area is 180 Å². The van der Waals surface area contributed by atoms with Crippen LogP contribution in [-0.2, 0) is 6.18 Å².